The molecule has 0 saturated carbocycles. The van der Waals surface area contributed by atoms with Crippen LogP contribution in [0, 0.1) is 75.2 Å². The van der Waals surface area contributed by atoms with Crippen molar-refractivity contribution in [3.05, 3.63) is 93.0 Å². The summed E-state index contributed by atoms with van der Waals surface area (Å²) in [7, 11) is 0. The maximum absolute atomic E-state index is 15.4. The smallest absolute Gasteiger partial charge is 1.00 e. The van der Waals surface area contributed by atoms with Crippen LogP contribution < -0.4 is 22.4 Å². The molecule has 0 N–H and O–H groups in total. The van der Waals surface area contributed by atoms with Crippen LogP contribution in [0.3, 0.4) is 0 Å². The fourth-order valence-electron chi connectivity index (χ4n) is 6.04. The summed E-state index contributed by atoms with van der Waals surface area (Å²) < 4.78 is 180. The predicted molar refractivity (Wildman–Crippen MR) is 158 cm³/mol. The second-order valence-corrected chi connectivity index (χ2v) is 11.3. The minimum atomic E-state index is -2.45. The molecule has 24 heteroatoms. The molecule has 4 aromatic carbocycles. The topological polar surface area (TPSA) is 134 Å². The second-order valence-electron chi connectivity index (χ2n) is 11.3. The number of hydrogen-bond acceptors (Lipinski definition) is 7. The summed E-state index contributed by atoms with van der Waals surface area (Å²) in [6.45, 7) is 0. The van der Waals surface area contributed by atoms with Crippen LogP contribution in [-0.2, 0) is 19.5 Å². The van der Waals surface area contributed by atoms with Crippen LogP contribution in [-0.4, -0.2) is 29.9 Å². The Bertz CT molecular complexity index is 3190. The van der Waals surface area contributed by atoms with Gasteiger partial charge in [0, 0.05) is 50.9 Å². The zero-order valence-corrected chi connectivity index (χ0v) is 30.0. The van der Waals surface area contributed by atoms with Gasteiger partial charge in [-0.25, -0.2) is 62.7 Å². The number of aromatic nitrogens is 8. The van der Waals surface area contributed by atoms with Crippen LogP contribution in [0.25, 0.3) is 94.7 Å². The number of nitrogens with zero attached hydrogens (tertiary/aromatic N) is 10. The van der Waals surface area contributed by atoms with Crippen molar-refractivity contribution in [1.82, 2.24) is 39.9 Å². The van der Waals surface area contributed by atoms with E-state index in [0.29, 0.717) is 0 Å². The van der Waals surface area contributed by atoms with Crippen LogP contribution in [0.2, 0.25) is 0 Å². The largest absolute Gasteiger partial charge is 2.00 e. The quantitative estimate of drug-likeness (QED) is 0.0657. The van der Waals surface area contributed by atoms with Crippen molar-refractivity contribution >= 4 is 49.8 Å². The normalized spacial score (nSPS) is 11.6. The molecule has 5 heterocycles. The zero-order valence-electron chi connectivity index (χ0n) is 26.3. The SMILES string of the molecule is N#[N+]c1ccc2c3nc4nc(nc5[n-]c(nc6nc(nc([n-]3)c2c1)-c1c(F)c(F)c(F)c(F)c1-6)c1c(F)c(F)c(F)c(F)c51)-c1c(F)c(F)c(F)c(F)c1-4.[Cl-].[Zn+2]. The predicted octanol–water partition coefficient (Wildman–Crippen LogP) is 5.28. The van der Waals surface area contributed by atoms with Gasteiger partial charge in [0.1, 0.15) is 0 Å². The third kappa shape index (κ3) is 4.98. The van der Waals surface area contributed by atoms with E-state index in [1.54, 1.807) is 0 Å². The van der Waals surface area contributed by atoms with Crippen LogP contribution in [0.1, 0.15) is 0 Å². The van der Waals surface area contributed by atoms with E-state index in [-0.39, 0.29) is 48.3 Å². The average molecular weight is 856 g/mol. The molecule has 274 valence electrons. The van der Waals surface area contributed by atoms with Gasteiger partial charge in [-0.15, -0.1) is 0 Å². The molecule has 0 fully saturated rings. The van der Waals surface area contributed by atoms with Gasteiger partial charge in [0.15, 0.2) is 74.8 Å². The fraction of sp³-hybridized carbons (Fsp3) is 0. The zero-order chi connectivity index (χ0) is 38.2. The Kier molecular flexibility index (Phi) is 8.77. The van der Waals surface area contributed by atoms with Gasteiger partial charge in [0.2, 0.25) is 5.39 Å². The molecule has 9 rings (SSSR count). The van der Waals surface area contributed by atoms with Gasteiger partial charge >= 0.3 is 25.2 Å². The molecule has 56 heavy (non-hydrogen) atoms. The van der Waals surface area contributed by atoms with Gasteiger partial charge in [-0.1, -0.05) is 0 Å². The number of fused-ring (bicyclic) bond motifs is 20. The molecular weight excluding hydrogens is 853 g/mol. The molecule has 2 aliphatic rings. The van der Waals surface area contributed by atoms with Crippen molar-refractivity contribution in [2.45, 2.75) is 0 Å². The van der Waals surface area contributed by atoms with Gasteiger partial charge in [-0.3, -0.25) is 0 Å². The van der Waals surface area contributed by atoms with Crippen LogP contribution in [0.5, 0.6) is 0 Å². The van der Waals surface area contributed by atoms with Gasteiger partial charge in [0.25, 0.3) is 0 Å². The van der Waals surface area contributed by atoms with E-state index in [1.807, 2.05) is 0 Å². The Balaban J connectivity index is 0.00000240. The molecule has 0 radical (unpaired) electrons. The third-order valence-electron chi connectivity index (χ3n) is 8.44. The summed E-state index contributed by atoms with van der Waals surface area (Å²) in [6, 6.07) is 3.43. The number of hydrogen-bond donors (Lipinski definition) is 0. The Morgan fingerprint density at radius 1 is 0.411 bits per heavy atom. The van der Waals surface area contributed by atoms with Crippen LogP contribution >= 0.6 is 0 Å². The molecular formula is C32H3ClF12N10Zn. The van der Waals surface area contributed by atoms with E-state index in [0.717, 1.165) is 6.07 Å². The van der Waals surface area contributed by atoms with Gasteiger partial charge in [-0.05, 0) is 11.5 Å². The summed E-state index contributed by atoms with van der Waals surface area (Å²) in [5, 5.41) is 6.35. The first kappa shape index (κ1) is 38.0. The van der Waals surface area contributed by atoms with Crippen molar-refractivity contribution in [3.63, 3.8) is 0 Å². The van der Waals surface area contributed by atoms with Gasteiger partial charge < -0.3 is 42.3 Å². The minimum Gasteiger partial charge on any atom is -1.00 e. The van der Waals surface area contributed by atoms with E-state index < -0.39 is 149 Å². The molecule has 8 bridgehead atoms. The number of rotatable bonds is 0. The van der Waals surface area contributed by atoms with Crippen LogP contribution in [0.15, 0.2) is 18.2 Å². The molecule has 0 atom stereocenters. The Morgan fingerprint density at radius 2 is 0.732 bits per heavy atom. The standard InChI is InChI=1S/C32H4F12N10.ClH.Zn/c33-13-7-9(15(35)21(41)19(13)39)29-49-27(7)47-25-5-2-1-4(54-45)3-6(5)26(46-25)48-28-8-10(16(36)22(42)20(40)14(8)34)30(50-28)52-32-12-11(31(51-29)53-32)17(37)23(43)24(44)18(12)38;;/h1-3,45H;1H;/q;;+2/p-2. The van der Waals surface area contributed by atoms with Gasteiger partial charge in [-0.2, -0.15) is 0 Å². The summed E-state index contributed by atoms with van der Waals surface area (Å²) in [6.07, 6.45) is 0. The van der Waals surface area contributed by atoms with Crippen molar-refractivity contribution in [3.8, 4) is 45.6 Å². The second kappa shape index (κ2) is 12.9. The number of diazo groups is 1. The summed E-state index contributed by atoms with van der Waals surface area (Å²) in [5.74, 6) is -31.6. The van der Waals surface area contributed by atoms with Gasteiger partial charge in [0.05, 0.1) is 45.6 Å². The summed E-state index contributed by atoms with van der Waals surface area (Å²) in [5.41, 5.74) is -8.79. The maximum Gasteiger partial charge on any atom is 2.00 e. The van der Waals surface area contributed by atoms with Crippen molar-refractivity contribution in [2.24, 2.45) is 0 Å². The number of benzene rings is 4. The van der Waals surface area contributed by atoms with E-state index in [2.05, 4.69) is 44.8 Å². The molecule has 0 spiro atoms. The molecule has 7 aromatic rings. The molecule has 2 aliphatic heterocycles. The molecule has 0 saturated heterocycles. The maximum atomic E-state index is 15.4. The minimum absolute atomic E-state index is 0. The Labute approximate surface area is 317 Å². The molecule has 3 aromatic heterocycles. The third-order valence-corrected chi connectivity index (χ3v) is 8.44. The molecule has 10 nitrogen and oxygen atoms in total. The van der Waals surface area contributed by atoms with Crippen molar-refractivity contribution < 1.29 is 84.6 Å². The molecule has 0 amide bonds. The van der Waals surface area contributed by atoms with Crippen molar-refractivity contribution in [1.29, 1.82) is 5.39 Å². The first-order valence-corrected chi connectivity index (χ1v) is 14.5. The van der Waals surface area contributed by atoms with Crippen molar-refractivity contribution in [2.75, 3.05) is 0 Å². The van der Waals surface area contributed by atoms with Crippen LogP contribution in [0.4, 0.5) is 58.4 Å². The van der Waals surface area contributed by atoms with E-state index in [4.69, 9.17) is 0 Å². The number of halogens is 13. The Morgan fingerprint density at radius 3 is 1.11 bits per heavy atom. The van der Waals surface area contributed by atoms with E-state index >= 15 is 26.3 Å². The summed E-state index contributed by atoms with van der Waals surface area (Å²) >= 11 is 0. The molecule has 0 aliphatic carbocycles. The first-order chi connectivity index (χ1) is 25.7. The van der Waals surface area contributed by atoms with E-state index in [9.17, 15) is 31.7 Å². The fourth-order valence-corrected chi connectivity index (χ4v) is 6.04. The Hall–Kier alpha value is -6.27. The monoisotopic (exact) mass is 854 g/mol. The first-order valence-electron chi connectivity index (χ1n) is 14.5. The molecule has 0 unspecified atom stereocenters. The average Bonchev–Trinajstić information content (AvgIpc) is 3.90. The summed E-state index contributed by atoms with van der Waals surface area (Å²) in [4.78, 5) is 33.8. The van der Waals surface area contributed by atoms with E-state index in [1.165, 1.54) is 12.1 Å².